The molecule has 3 N–H and O–H groups in total. The Morgan fingerprint density at radius 1 is 1.08 bits per heavy atom. The highest BCUT2D eigenvalue weighted by Crippen LogP contribution is 2.25. The molecule has 128 valence electrons. The number of benzene rings is 2. The monoisotopic (exact) mass is 363 g/mol. The largest absolute Gasteiger partial charge is 0.366 e. The van der Waals surface area contributed by atoms with Crippen molar-refractivity contribution in [2.24, 2.45) is 5.73 Å². The van der Waals surface area contributed by atoms with Gasteiger partial charge in [-0.2, -0.15) is 0 Å². The molecule has 0 aliphatic rings. The van der Waals surface area contributed by atoms with E-state index < -0.39 is 5.91 Å². The number of nitrogens with one attached hydrogen (secondary N) is 1. The smallest absolute Gasteiger partial charge is 0.248 e. The van der Waals surface area contributed by atoms with Crippen molar-refractivity contribution < 1.29 is 4.79 Å². The molecule has 2 aromatic carbocycles. The van der Waals surface area contributed by atoms with Crippen LogP contribution in [0.3, 0.4) is 0 Å². The lowest BCUT2D eigenvalue weighted by Crippen LogP contribution is -2.11. The van der Waals surface area contributed by atoms with Gasteiger partial charge in [0, 0.05) is 21.8 Å². The first-order valence-corrected chi connectivity index (χ1v) is 8.25. The molecule has 4 rings (SSSR count). The molecule has 6 nitrogen and oxygen atoms in total. The van der Waals surface area contributed by atoms with E-state index in [9.17, 15) is 4.79 Å². The maximum Gasteiger partial charge on any atom is 0.248 e. The number of hydrogen-bond acceptors (Lipinski definition) is 4. The van der Waals surface area contributed by atoms with Gasteiger partial charge in [0.2, 0.25) is 11.9 Å². The Labute approximate surface area is 154 Å². The molecule has 0 radical (unpaired) electrons. The Kier molecular flexibility index (Phi) is 4.02. The predicted octanol–water partition coefficient (Wildman–Crippen LogP) is 3.89. The van der Waals surface area contributed by atoms with Crippen LogP contribution in [0, 0.1) is 0 Å². The minimum Gasteiger partial charge on any atom is -0.366 e. The third-order valence-electron chi connectivity index (χ3n) is 3.92. The summed E-state index contributed by atoms with van der Waals surface area (Å²) in [7, 11) is 0. The summed E-state index contributed by atoms with van der Waals surface area (Å²) in [5, 5.41) is 8.30. The van der Waals surface area contributed by atoms with Gasteiger partial charge in [0.05, 0.1) is 17.4 Å². The average molecular weight is 364 g/mol. The molecular formula is C19H14ClN5O. The summed E-state index contributed by atoms with van der Waals surface area (Å²) in [5.41, 5.74) is 9.13. The highest BCUT2D eigenvalue weighted by molar-refractivity contribution is 6.30. The lowest BCUT2D eigenvalue weighted by molar-refractivity contribution is 0.100. The molecular weight excluding hydrogens is 350 g/mol. The van der Waals surface area contributed by atoms with E-state index in [1.54, 1.807) is 28.9 Å². The third-order valence-corrected chi connectivity index (χ3v) is 4.16. The second kappa shape index (κ2) is 6.50. The highest BCUT2D eigenvalue weighted by Gasteiger charge is 2.09. The molecule has 0 atom stereocenters. The van der Waals surface area contributed by atoms with Crippen LogP contribution in [0.25, 0.3) is 16.8 Å². The first-order chi connectivity index (χ1) is 12.6. The minimum atomic E-state index is -0.487. The van der Waals surface area contributed by atoms with E-state index in [1.807, 2.05) is 42.5 Å². The fourth-order valence-corrected chi connectivity index (χ4v) is 2.89. The number of carbonyl (C=O) groups is 1. The number of aromatic nitrogens is 3. The van der Waals surface area contributed by atoms with Gasteiger partial charge in [0.25, 0.3) is 0 Å². The van der Waals surface area contributed by atoms with E-state index in [0.29, 0.717) is 22.2 Å². The Bertz CT molecular complexity index is 1120. The average Bonchev–Trinajstić information content (AvgIpc) is 3.05. The number of halogens is 1. The molecule has 0 aliphatic carbocycles. The van der Waals surface area contributed by atoms with Crippen LogP contribution in [0.15, 0.2) is 66.9 Å². The van der Waals surface area contributed by atoms with Gasteiger partial charge in [0.15, 0.2) is 0 Å². The lowest BCUT2D eigenvalue weighted by Gasteiger charge is -2.08. The molecule has 4 aromatic rings. The van der Waals surface area contributed by atoms with Crippen LogP contribution in [0.2, 0.25) is 5.02 Å². The van der Waals surface area contributed by atoms with Gasteiger partial charge in [0.1, 0.15) is 0 Å². The second-order valence-corrected chi connectivity index (χ2v) is 6.15. The second-order valence-electron chi connectivity index (χ2n) is 5.72. The maximum atomic E-state index is 11.3. The van der Waals surface area contributed by atoms with E-state index in [4.69, 9.17) is 17.3 Å². The summed E-state index contributed by atoms with van der Waals surface area (Å²) >= 11 is 6.10. The first-order valence-electron chi connectivity index (χ1n) is 7.88. The molecule has 0 unspecified atom stereocenters. The Morgan fingerprint density at radius 3 is 2.73 bits per heavy atom. The SMILES string of the molecule is NC(=O)c1cccc(Nc2ncc3ccc(-c4cccc(Cl)c4)n3n2)c1. The molecule has 26 heavy (non-hydrogen) atoms. The lowest BCUT2D eigenvalue weighted by atomic mass is 10.2. The van der Waals surface area contributed by atoms with Crippen molar-refractivity contribution >= 4 is 34.7 Å². The molecule has 2 heterocycles. The number of carbonyl (C=O) groups excluding carboxylic acids is 1. The zero-order chi connectivity index (χ0) is 18.1. The van der Waals surface area contributed by atoms with Crippen LogP contribution >= 0.6 is 11.6 Å². The first kappa shape index (κ1) is 16.1. The van der Waals surface area contributed by atoms with Gasteiger partial charge in [-0.25, -0.2) is 9.50 Å². The van der Waals surface area contributed by atoms with Crippen LogP contribution in [0.4, 0.5) is 11.6 Å². The number of primary amides is 1. The van der Waals surface area contributed by atoms with Crippen molar-refractivity contribution in [3.8, 4) is 11.3 Å². The summed E-state index contributed by atoms with van der Waals surface area (Å²) in [6, 6.07) is 18.3. The molecule has 0 saturated heterocycles. The van der Waals surface area contributed by atoms with E-state index in [1.165, 1.54) is 0 Å². The molecule has 0 spiro atoms. The zero-order valence-electron chi connectivity index (χ0n) is 13.6. The Morgan fingerprint density at radius 2 is 1.92 bits per heavy atom. The molecule has 0 aliphatic heterocycles. The van der Waals surface area contributed by atoms with Gasteiger partial charge in [-0.05, 0) is 42.5 Å². The number of fused-ring (bicyclic) bond motifs is 1. The van der Waals surface area contributed by atoms with Crippen molar-refractivity contribution in [2.45, 2.75) is 0 Å². The van der Waals surface area contributed by atoms with Crippen molar-refractivity contribution in [2.75, 3.05) is 5.32 Å². The normalized spacial score (nSPS) is 10.8. The maximum absolute atomic E-state index is 11.3. The minimum absolute atomic E-state index is 0.401. The number of anilines is 2. The summed E-state index contributed by atoms with van der Waals surface area (Å²) in [4.78, 5) is 15.6. The van der Waals surface area contributed by atoms with Gasteiger partial charge >= 0.3 is 0 Å². The highest BCUT2D eigenvalue weighted by atomic mass is 35.5. The zero-order valence-corrected chi connectivity index (χ0v) is 14.3. The van der Waals surface area contributed by atoms with Gasteiger partial charge in [-0.15, -0.1) is 5.10 Å². The van der Waals surface area contributed by atoms with Crippen LogP contribution < -0.4 is 11.1 Å². The van der Waals surface area contributed by atoms with Crippen molar-refractivity contribution in [1.29, 1.82) is 0 Å². The van der Waals surface area contributed by atoms with Crippen molar-refractivity contribution in [1.82, 2.24) is 14.6 Å². The molecule has 0 saturated carbocycles. The van der Waals surface area contributed by atoms with Crippen LogP contribution in [-0.4, -0.2) is 20.5 Å². The number of hydrogen-bond donors (Lipinski definition) is 2. The quantitative estimate of drug-likeness (QED) is 0.576. The summed E-state index contributed by atoms with van der Waals surface area (Å²) < 4.78 is 1.79. The van der Waals surface area contributed by atoms with E-state index in [0.717, 1.165) is 16.8 Å². The standard InChI is InChI=1S/C19H14ClN5O/c20-14-5-1-3-12(9-14)17-8-7-16-11-22-19(24-25(16)17)23-15-6-2-4-13(10-15)18(21)26/h1-11H,(H2,21,26)(H,23,24). The van der Waals surface area contributed by atoms with E-state index in [2.05, 4.69) is 15.4 Å². The molecule has 7 heteroatoms. The predicted molar refractivity (Wildman–Crippen MR) is 102 cm³/mol. The summed E-state index contributed by atoms with van der Waals surface area (Å²) in [6.45, 7) is 0. The fourth-order valence-electron chi connectivity index (χ4n) is 2.70. The van der Waals surface area contributed by atoms with Gasteiger partial charge in [-0.1, -0.05) is 29.8 Å². The Hall–Kier alpha value is -3.38. The molecule has 2 aromatic heterocycles. The summed E-state index contributed by atoms with van der Waals surface area (Å²) in [5.74, 6) is -0.0859. The van der Waals surface area contributed by atoms with Gasteiger partial charge < -0.3 is 11.1 Å². The number of rotatable bonds is 4. The Balaban J connectivity index is 1.72. The molecule has 1 amide bonds. The number of amides is 1. The number of nitrogens with zero attached hydrogens (tertiary/aromatic N) is 3. The topological polar surface area (TPSA) is 85.3 Å². The molecule has 0 fully saturated rings. The van der Waals surface area contributed by atoms with Crippen molar-refractivity contribution in [3.63, 3.8) is 0 Å². The fraction of sp³-hybridized carbons (Fsp3) is 0. The van der Waals surface area contributed by atoms with E-state index >= 15 is 0 Å². The number of nitrogens with two attached hydrogens (primary N) is 1. The van der Waals surface area contributed by atoms with Crippen molar-refractivity contribution in [3.05, 3.63) is 77.4 Å². The summed E-state index contributed by atoms with van der Waals surface area (Å²) in [6.07, 6.45) is 1.72. The van der Waals surface area contributed by atoms with Crippen LogP contribution in [-0.2, 0) is 0 Å². The third kappa shape index (κ3) is 3.10. The van der Waals surface area contributed by atoms with Gasteiger partial charge in [-0.3, -0.25) is 4.79 Å². The van der Waals surface area contributed by atoms with E-state index in [-0.39, 0.29) is 0 Å². The van der Waals surface area contributed by atoms with Crippen LogP contribution in [0.5, 0.6) is 0 Å². The molecule has 0 bridgehead atoms. The van der Waals surface area contributed by atoms with Crippen LogP contribution in [0.1, 0.15) is 10.4 Å².